The molecule has 3 aromatic rings. The molecule has 0 aliphatic carbocycles. The fourth-order valence-corrected chi connectivity index (χ4v) is 4.04. The first-order valence-corrected chi connectivity index (χ1v) is 11.5. The standard InChI is InChI=1S/C25H26Cl2N2O4/c26-23-9-8-19(11-24(23)27)25-12-22(33-28-25)15-29(13-18-5-2-1-3-6-18)14-20(30)16-31-17-21-7-4-10-32-21/h1-11,20,22,30H,12-17H2/t20-,22-/m1/s1. The van der Waals surface area contributed by atoms with E-state index in [4.69, 9.17) is 37.2 Å². The number of rotatable bonds is 11. The summed E-state index contributed by atoms with van der Waals surface area (Å²) in [7, 11) is 0. The summed E-state index contributed by atoms with van der Waals surface area (Å²) in [6.45, 7) is 2.27. The van der Waals surface area contributed by atoms with E-state index < -0.39 is 6.10 Å². The SMILES string of the molecule is O[C@@H](COCc1ccco1)CN(Cc1ccccc1)C[C@H]1CC(c2ccc(Cl)c(Cl)c2)=NO1. The predicted molar refractivity (Wildman–Crippen MR) is 129 cm³/mol. The summed E-state index contributed by atoms with van der Waals surface area (Å²) in [5, 5.41) is 15.9. The molecule has 2 aromatic carbocycles. The highest BCUT2D eigenvalue weighted by atomic mass is 35.5. The summed E-state index contributed by atoms with van der Waals surface area (Å²) in [6, 6.07) is 19.3. The Kier molecular flexibility index (Phi) is 8.42. The molecule has 0 amide bonds. The van der Waals surface area contributed by atoms with Gasteiger partial charge in [0.1, 0.15) is 18.5 Å². The second kappa shape index (κ2) is 11.7. The third-order valence-corrected chi connectivity index (χ3v) is 6.04. The highest BCUT2D eigenvalue weighted by Gasteiger charge is 2.26. The number of halogens is 2. The zero-order chi connectivity index (χ0) is 23.0. The monoisotopic (exact) mass is 488 g/mol. The second-order valence-electron chi connectivity index (χ2n) is 8.03. The normalized spacial score (nSPS) is 16.6. The van der Waals surface area contributed by atoms with E-state index in [1.165, 1.54) is 0 Å². The molecule has 0 saturated heterocycles. The van der Waals surface area contributed by atoms with Crippen molar-refractivity contribution < 1.29 is 19.1 Å². The van der Waals surface area contributed by atoms with Gasteiger partial charge in [0.2, 0.25) is 0 Å². The van der Waals surface area contributed by atoms with Crippen LogP contribution in [0.25, 0.3) is 0 Å². The second-order valence-corrected chi connectivity index (χ2v) is 8.84. The molecule has 0 fully saturated rings. The largest absolute Gasteiger partial charge is 0.467 e. The van der Waals surface area contributed by atoms with Gasteiger partial charge in [-0.25, -0.2) is 0 Å². The Balaban J connectivity index is 1.34. The van der Waals surface area contributed by atoms with E-state index in [0.717, 1.165) is 22.6 Å². The first kappa shape index (κ1) is 23.8. The van der Waals surface area contributed by atoms with E-state index in [2.05, 4.69) is 22.2 Å². The van der Waals surface area contributed by atoms with E-state index in [1.54, 1.807) is 18.4 Å². The van der Waals surface area contributed by atoms with Crippen molar-refractivity contribution in [3.05, 3.63) is 93.9 Å². The van der Waals surface area contributed by atoms with Crippen LogP contribution < -0.4 is 0 Å². The lowest BCUT2D eigenvalue weighted by molar-refractivity contribution is -0.00955. The van der Waals surface area contributed by atoms with Crippen molar-refractivity contribution in [3.8, 4) is 0 Å². The molecule has 0 spiro atoms. The molecular weight excluding hydrogens is 463 g/mol. The molecule has 4 rings (SSSR count). The maximum atomic E-state index is 10.6. The summed E-state index contributed by atoms with van der Waals surface area (Å²) < 4.78 is 10.9. The van der Waals surface area contributed by atoms with E-state index in [1.807, 2.05) is 36.4 Å². The lowest BCUT2D eigenvalue weighted by atomic mass is 10.0. The average molecular weight is 489 g/mol. The minimum atomic E-state index is -0.652. The highest BCUT2D eigenvalue weighted by molar-refractivity contribution is 6.42. The summed E-state index contributed by atoms with van der Waals surface area (Å²) >= 11 is 12.2. The Bertz CT molecular complexity index is 1040. The maximum Gasteiger partial charge on any atom is 0.145 e. The minimum absolute atomic E-state index is 0.130. The van der Waals surface area contributed by atoms with Crippen molar-refractivity contribution in [2.75, 3.05) is 19.7 Å². The molecule has 6 nitrogen and oxygen atoms in total. The van der Waals surface area contributed by atoms with E-state index in [0.29, 0.717) is 42.7 Å². The van der Waals surface area contributed by atoms with Crippen molar-refractivity contribution >= 4 is 28.9 Å². The molecule has 2 atom stereocenters. The molecule has 1 aromatic heterocycles. The van der Waals surface area contributed by atoms with Crippen molar-refractivity contribution in [1.82, 2.24) is 4.90 Å². The van der Waals surface area contributed by atoms with Crippen LogP contribution in [0.5, 0.6) is 0 Å². The molecule has 2 heterocycles. The number of furan rings is 1. The number of aliphatic hydroxyl groups excluding tert-OH is 1. The van der Waals surface area contributed by atoms with Gasteiger partial charge in [-0.2, -0.15) is 0 Å². The van der Waals surface area contributed by atoms with Crippen molar-refractivity contribution in [1.29, 1.82) is 0 Å². The van der Waals surface area contributed by atoms with Crippen molar-refractivity contribution in [2.45, 2.75) is 31.8 Å². The van der Waals surface area contributed by atoms with Crippen LogP contribution in [0.15, 0.2) is 76.5 Å². The molecule has 8 heteroatoms. The molecule has 174 valence electrons. The Morgan fingerprint density at radius 2 is 1.94 bits per heavy atom. The van der Waals surface area contributed by atoms with Gasteiger partial charge in [-0.1, -0.05) is 64.8 Å². The number of benzene rings is 2. The van der Waals surface area contributed by atoms with Crippen molar-refractivity contribution in [3.63, 3.8) is 0 Å². The number of oxime groups is 1. The lowest BCUT2D eigenvalue weighted by Crippen LogP contribution is -2.39. The highest BCUT2D eigenvalue weighted by Crippen LogP contribution is 2.26. The molecule has 0 saturated carbocycles. The number of ether oxygens (including phenoxy) is 1. The maximum absolute atomic E-state index is 10.6. The van der Waals surface area contributed by atoms with Crippen LogP contribution in [0.1, 0.15) is 23.3 Å². The van der Waals surface area contributed by atoms with E-state index in [-0.39, 0.29) is 12.7 Å². The minimum Gasteiger partial charge on any atom is -0.467 e. The van der Waals surface area contributed by atoms with E-state index >= 15 is 0 Å². The lowest BCUT2D eigenvalue weighted by Gasteiger charge is -2.27. The Morgan fingerprint density at radius 3 is 2.70 bits per heavy atom. The molecule has 1 aliphatic rings. The topological polar surface area (TPSA) is 67.4 Å². The fraction of sp³-hybridized carbons (Fsp3) is 0.320. The number of hydrogen-bond acceptors (Lipinski definition) is 6. The van der Waals surface area contributed by atoms with E-state index in [9.17, 15) is 5.11 Å². The van der Waals surface area contributed by atoms with Gasteiger partial charge in [0, 0.05) is 31.6 Å². The number of hydrogen-bond donors (Lipinski definition) is 1. The molecule has 1 N–H and O–H groups in total. The third kappa shape index (κ3) is 7.06. The molecule has 1 aliphatic heterocycles. The quantitative estimate of drug-likeness (QED) is 0.403. The summed E-state index contributed by atoms with van der Waals surface area (Å²) in [6.07, 6.45) is 1.47. The average Bonchev–Trinajstić information content (AvgIpc) is 3.49. The number of aliphatic hydroxyl groups is 1. The molecule has 0 bridgehead atoms. The molecular formula is C25H26Cl2N2O4. The van der Waals surface area contributed by atoms with Crippen LogP contribution in [0.2, 0.25) is 10.0 Å². The van der Waals surface area contributed by atoms with Gasteiger partial charge < -0.3 is 19.1 Å². The third-order valence-electron chi connectivity index (χ3n) is 5.30. The van der Waals surface area contributed by atoms with Crippen LogP contribution in [0.3, 0.4) is 0 Å². The zero-order valence-electron chi connectivity index (χ0n) is 18.1. The van der Waals surface area contributed by atoms with Gasteiger partial charge in [-0.05, 0) is 29.8 Å². The van der Waals surface area contributed by atoms with Crippen LogP contribution in [0, 0.1) is 0 Å². The molecule has 0 radical (unpaired) electrons. The Morgan fingerprint density at radius 1 is 1.09 bits per heavy atom. The van der Waals surface area contributed by atoms with Gasteiger partial charge in [-0.3, -0.25) is 4.90 Å². The van der Waals surface area contributed by atoms with Gasteiger partial charge >= 0.3 is 0 Å². The van der Waals surface area contributed by atoms with Gasteiger partial charge in [0.05, 0.1) is 34.7 Å². The first-order valence-electron chi connectivity index (χ1n) is 10.8. The predicted octanol–water partition coefficient (Wildman–Crippen LogP) is 5.16. The summed E-state index contributed by atoms with van der Waals surface area (Å²) in [5.74, 6) is 0.731. The zero-order valence-corrected chi connectivity index (χ0v) is 19.6. The summed E-state index contributed by atoms with van der Waals surface area (Å²) in [4.78, 5) is 7.88. The van der Waals surface area contributed by atoms with Gasteiger partial charge in [-0.15, -0.1) is 0 Å². The Labute approximate surface area is 203 Å². The van der Waals surface area contributed by atoms with Gasteiger partial charge in [0.15, 0.2) is 0 Å². The number of nitrogens with zero attached hydrogens (tertiary/aromatic N) is 2. The van der Waals surface area contributed by atoms with Crippen molar-refractivity contribution in [2.24, 2.45) is 5.16 Å². The molecule has 0 unspecified atom stereocenters. The van der Waals surface area contributed by atoms with Crippen LogP contribution in [-0.2, 0) is 22.7 Å². The summed E-state index contributed by atoms with van der Waals surface area (Å²) in [5.41, 5.74) is 2.89. The Hall–Kier alpha value is -2.35. The first-order chi connectivity index (χ1) is 16.1. The van der Waals surface area contributed by atoms with Crippen LogP contribution >= 0.6 is 23.2 Å². The fourth-order valence-electron chi connectivity index (χ4n) is 3.75. The van der Waals surface area contributed by atoms with Gasteiger partial charge in [0.25, 0.3) is 0 Å². The molecule has 33 heavy (non-hydrogen) atoms. The smallest absolute Gasteiger partial charge is 0.145 e. The van der Waals surface area contributed by atoms with Crippen LogP contribution in [-0.4, -0.2) is 47.6 Å². The van der Waals surface area contributed by atoms with Crippen LogP contribution in [0.4, 0.5) is 0 Å².